The molecule has 0 radical (unpaired) electrons. The lowest BCUT2D eigenvalue weighted by Crippen LogP contribution is -2.26. The topological polar surface area (TPSA) is 12.0 Å². The molecule has 0 aliphatic heterocycles. The molecule has 0 bridgehead atoms. The molecule has 0 atom stereocenters. The van der Waals surface area contributed by atoms with Crippen molar-refractivity contribution in [2.75, 3.05) is 0 Å². The van der Waals surface area contributed by atoms with Gasteiger partial charge in [0.2, 0.25) is 0 Å². The molecular weight excluding hydrogens is 262 g/mol. The summed E-state index contributed by atoms with van der Waals surface area (Å²) in [6, 6.07) is 5.17. The highest BCUT2D eigenvalue weighted by atomic mass is 79.9. The molecule has 2 rings (SSSR count). The molecule has 0 spiro atoms. The molecule has 0 amide bonds. The second-order valence-electron chi connectivity index (χ2n) is 4.88. The summed E-state index contributed by atoms with van der Waals surface area (Å²) in [5, 5.41) is 3.68. The van der Waals surface area contributed by atoms with Gasteiger partial charge in [0.25, 0.3) is 0 Å². The Kier molecular flexibility index (Phi) is 4.04. The summed E-state index contributed by atoms with van der Waals surface area (Å²) in [6.45, 7) is 5.42. The van der Waals surface area contributed by atoms with Crippen LogP contribution in [0.1, 0.15) is 42.4 Å². The van der Waals surface area contributed by atoms with Crippen molar-refractivity contribution in [1.82, 2.24) is 5.32 Å². The van der Waals surface area contributed by atoms with Crippen LogP contribution in [0.5, 0.6) is 0 Å². The van der Waals surface area contributed by atoms with Crippen molar-refractivity contribution in [3.8, 4) is 0 Å². The third-order valence-electron chi connectivity index (χ3n) is 3.58. The molecule has 1 saturated carbocycles. The molecule has 0 heterocycles. The van der Waals surface area contributed by atoms with E-state index in [0.29, 0.717) is 0 Å². The van der Waals surface area contributed by atoms with Crippen LogP contribution in [0.15, 0.2) is 16.6 Å². The summed E-state index contributed by atoms with van der Waals surface area (Å²) >= 11 is 3.54. The van der Waals surface area contributed by atoms with Gasteiger partial charge in [-0.1, -0.05) is 28.8 Å². The fraction of sp³-hybridized carbons (Fsp3) is 0.571. The fourth-order valence-corrected chi connectivity index (χ4v) is 3.28. The van der Waals surface area contributed by atoms with Gasteiger partial charge in [-0.3, -0.25) is 0 Å². The quantitative estimate of drug-likeness (QED) is 0.880. The number of aryl methyl sites for hydroxylation is 2. The van der Waals surface area contributed by atoms with Crippen LogP contribution in [0.25, 0.3) is 0 Å². The van der Waals surface area contributed by atoms with Crippen LogP contribution in [-0.4, -0.2) is 6.04 Å². The zero-order valence-electron chi connectivity index (χ0n) is 10.1. The number of rotatable bonds is 3. The van der Waals surface area contributed by atoms with Gasteiger partial charge in [-0.25, -0.2) is 0 Å². The molecule has 0 saturated heterocycles. The molecule has 0 unspecified atom stereocenters. The van der Waals surface area contributed by atoms with Gasteiger partial charge in [-0.15, -0.1) is 0 Å². The summed E-state index contributed by atoms with van der Waals surface area (Å²) in [4.78, 5) is 0. The zero-order valence-corrected chi connectivity index (χ0v) is 11.7. The van der Waals surface area contributed by atoms with Crippen molar-refractivity contribution in [1.29, 1.82) is 0 Å². The van der Waals surface area contributed by atoms with E-state index in [4.69, 9.17) is 0 Å². The van der Waals surface area contributed by atoms with Crippen LogP contribution in [0.4, 0.5) is 0 Å². The molecule has 1 nitrogen and oxygen atoms in total. The van der Waals surface area contributed by atoms with E-state index in [1.165, 1.54) is 46.8 Å². The largest absolute Gasteiger partial charge is 0.310 e. The van der Waals surface area contributed by atoms with Crippen LogP contribution in [0.2, 0.25) is 0 Å². The lowest BCUT2D eigenvalue weighted by Gasteiger charge is -2.15. The van der Waals surface area contributed by atoms with E-state index in [9.17, 15) is 0 Å². The van der Waals surface area contributed by atoms with Gasteiger partial charge in [-0.05, 0) is 55.5 Å². The van der Waals surface area contributed by atoms with E-state index in [0.717, 1.165) is 12.6 Å². The average Bonchev–Trinajstić information content (AvgIpc) is 2.68. The second kappa shape index (κ2) is 5.33. The van der Waals surface area contributed by atoms with Gasteiger partial charge in [0.15, 0.2) is 0 Å². The highest BCUT2D eigenvalue weighted by Crippen LogP contribution is 2.22. The molecule has 1 aromatic rings. The van der Waals surface area contributed by atoms with E-state index >= 15 is 0 Å². The van der Waals surface area contributed by atoms with Crippen LogP contribution >= 0.6 is 15.9 Å². The third-order valence-corrected chi connectivity index (χ3v) is 4.04. The number of hydrogen-bond donors (Lipinski definition) is 1. The number of benzene rings is 1. The van der Waals surface area contributed by atoms with Gasteiger partial charge in [0, 0.05) is 17.1 Å². The van der Waals surface area contributed by atoms with E-state index in [2.05, 4.69) is 47.2 Å². The first-order valence-electron chi connectivity index (χ1n) is 6.16. The molecular formula is C14H20BrN. The Bertz CT molecular complexity index is 344. The summed E-state index contributed by atoms with van der Waals surface area (Å²) in [6.07, 6.45) is 5.51. The molecule has 1 aliphatic rings. The Labute approximate surface area is 107 Å². The first-order valence-corrected chi connectivity index (χ1v) is 6.95. The predicted octanol–water partition coefficient (Wildman–Crippen LogP) is 4.10. The summed E-state index contributed by atoms with van der Waals surface area (Å²) in [5.74, 6) is 0. The maximum Gasteiger partial charge on any atom is 0.0213 e. The van der Waals surface area contributed by atoms with Gasteiger partial charge in [0.1, 0.15) is 0 Å². The Balaban J connectivity index is 2.03. The Hall–Kier alpha value is -0.340. The van der Waals surface area contributed by atoms with Crippen molar-refractivity contribution >= 4 is 15.9 Å². The van der Waals surface area contributed by atoms with Crippen molar-refractivity contribution in [2.45, 2.75) is 52.1 Å². The van der Waals surface area contributed by atoms with Crippen LogP contribution < -0.4 is 5.32 Å². The van der Waals surface area contributed by atoms with Crippen LogP contribution in [0.3, 0.4) is 0 Å². The van der Waals surface area contributed by atoms with Gasteiger partial charge in [0.05, 0.1) is 0 Å². The zero-order chi connectivity index (χ0) is 11.5. The maximum atomic E-state index is 3.68. The number of hydrogen-bond acceptors (Lipinski definition) is 1. The first-order chi connectivity index (χ1) is 7.66. The maximum absolute atomic E-state index is 3.68. The van der Waals surface area contributed by atoms with E-state index in [1.807, 2.05) is 0 Å². The fourth-order valence-electron chi connectivity index (χ4n) is 2.60. The van der Waals surface area contributed by atoms with Crippen molar-refractivity contribution < 1.29 is 0 Å². The smallest absolute Gasteiger partial charge is 0.0213 e. The Morgan fingerprint density at radius 1 is 1.19 bits per heavy atom. The molecule has 1 aromatic carbocycles. The standard InChI is InChI=1S/C14H20BrN/c1-10-7-12(15)8-11(2)14(10)9-16-13-5-3-4-6-13/h7-8,13,16H,3-6,9H2,1-2H3. The van der Waals surface area contributed by atoms with Crippen molar-refractivity contribution in [3.05, 3.63) is 33.3 Å². The Morgan fingerprint density at radius 3 is 2.31 bits per heavy atom. The minimum absolute atomic E-state index is 0.752. The Morgan fingerprint density at radius 2 is 1.75 bits per heavy atom. The average molecular weight is 282 g/mol. The molecule has 1 aliphatic carbocycles. The molecule has 88 valence electrons. The normalized spacial score (nSPS) is 16.9. The highest BCUT2D eigenvalue weighted by molar-refractivity contribution is 9.10. The minimum Gasteiger partial charge on any atom is -0.310 e. The molecule has 16 heavy (non-hydrogen) atoms. The lowest BCUT2D eigenvalue weighted by molar-refractivity contribution is 0.522. The van der Waals surface area contributed by atoms with Crippen LogP contribution in [0, 0.1) is 13.8 Å². The summed E-state index contributed by atoms with van der Waals surface area (Å²) in [7, 11) is 0. The molecule has 2 heteroatoms. The second-order valence-corrected chi connectivity index (χ2v) is 5.80. The first kappa shape index (κ1) is 12.1. The predicted molar refractivity (Wildman–Crippen MR) is 72.7 cm³/mol. The van der Waals surface area contributed by atoms with Crippen molar-refractivity contribution in [2.24, 2.45) is 0 Å². The van der Waals surface area contributed by atoms with Gasteiger partial charge >= 0.3 is 0 Å². The molecule has 1 N–H and O–H groups in total. The number of nitrogens with one attached hydrogen (secondary N) is 1. The summed E-state index contributed by atoms with van der Waals surface area (Å²) < 4.78 is 1.19. The lowest BCUT2D eigenvalue weighted by atomic mass is 10.0. The minimum atomic E-state index is 0.752. The summed E-state index contributed by atoms with van der Waals surface area (Å²) in [5.41, 5.74) is 4.24. The molecule has 0 aromatic heterocycles. The SMILES string of the molecule is Cc1cc(Br)cc(C)c1CNC1CCCC1. The monoisotopic (exact) mass is 281 g/mol. The van der Waals surface area contributed by atoms with E-state index < -0.39 is 0 Å². The van der Waals surface area contributed by atoms with Crippen LogP contribution in [-0.2, 0) is 6.54 Å². The van der Waals surface area contributed by atoms with Gasteiger partial charge < -0.3 is 5.32 Å². The van der Waals surface area contributed by atoms with Gasteiger partial charge in [-0.2, -0.15) is 0 Å². The number of halogens is 1. The third kappa shape index (κ3) is 2.86. The van der Waals surface area contributed by atoms with E-state index in [1.54, 1.807) is 0 Å². The van der Waals surface area contributed by atoms with E-state index in [-0.39, 0.29) is 0 Å². The molecule has 1 fully saturated rings. The highest BCUT2D eigenvalue weighted by Gasteiger charge is 2.14. The van der Waals surface area contributed by atoms with Crippen molar-refractivity contribution in [3.63, 3.8) is 0 Å².